The molecule has 20 heavy (non-hydrogen) atoms. The smallest absolute Gasteiger partial charge is 0.325 e. The van der Waals surface area contributed by atoms with E-state index in [1.54, 1.807) is 19.2 Å². The summed E-state index contributed by atoms with van der Waals surface area (Å²) in [5, 5.41) is 3.01. The van der Waals surface area contributed by atoms with Crippen molar-refractivity contribution in [3.8, 4) is 0 Å². The molecule has 0 heterocycles. The molecule has 0 bridgehead atoms. The van der Waals surface area contributed by atoms with Crippen LogP contribution in [0.1, 0.15) is 20.3 Å². The van der Waals surface area contributed by atoms with E-state index < -0.39 is 5.54 Å². The highest BCUT2D eigenvalue weighted by Crippen LogP contribution is 2.18. The number of nitrogens with one attached hydrogen (secondary N) is 1. The van der Waals surface area contributed by atoms with Crippen molar-refractivity contribution in [1.29, 1.82) is 0 Å². The monoisotopic (exact) mass is 282 g/mol. The molecule has 1 aromatic carbocycles. The van der Waals surface area contributed by atoms with Crippen LogP contribution in [0.5, 0.6) is 0 Å². The zero-order chi connectivity index (χ0) is 15.2. The summed E-state index contributed by atoms with van der Waals surface area (Å²) in [5.74, 6) is -0.533. The van der Waals surface area contributed by atoms with E-state index in [2.05, 4.69) is 10.2 Å². The van der Waals surface area contributed by atoms with Gasteiger partial charge in [0.2, 0.25) is 0 Å². The van der Waals surface area contributed by atoms with E-state index in [1.807, 2.05) is 13.8 Å². The first-order valence-corrected chi connectivity index (χ1v) is 6.74. The van der Waals surface area contributed by atoms with Gasteiger partial charge >= 0.3 is 5.97 Å². The van der Waals surface area contributed by atoms with Crippen LogP contribution in [0.2, 0.25) is 0 Å². The van der Waals surface area contributed by atoms with Gasteiger partial charge in [0.1, 0.15) is 11.4 Å². The minimum absolute atomic E-state index is 0.251. The Morgan fingerprint density at radius 3 is 2.45 bits per heavy atom. The lowest BCUT2D eigenvalue weighted by Gasteiger charge is -2.30. The number of carbonyl (C=O) groups is 1. The third-order valence-corrected chi connectivity index (χ3v) is 3.64. The fourth-order valence-electron chi connectivity index (χ4n) is 2.03. The lowest BCUT2D eigenvalue weighted by atomic mass is 9.98. The summed E-state index contributed by atoms with van der Waals surface area (Å²) in [4.78, 5) is 13.9. The van der Waals surface area contributed by atoms with Crippen molar-refractivity contribution >= 4 is 11.7 Å². The zero-order valence-corrected chi connectivity index (χ0v) is 12.6. The van der Waals surface area contributed by atoms with Gasteiger partial charge in [-0.3, -0.25) is 4.79 Å². The first kappa shape index (κ1) is 16.4. The molecule has 1 rings (SSSR count). The molecule has 0 radical (unpaired) electrons. The average Bonchev–Trinajstić information content (AvgIpc) is 2.48. The van der Waals surface area contributed by atoms with Crippen LogP contribution < -0.4 is 10.2 Å². The van der Waals surface area contributed by atoms with Crippen LogP contribution in [-0.2, 0) is 9.53 Å². The first-order valence-electron chi connectivity index (χ1n) is 6.74. The van der Waals surface area contributed by atoms with E-state index in [0.717, 1.165) is 12.2 Å². The van der Waals surface area contributed by atoms with Crippen LogP contribution >= 0.6 is 0 Å². The standard InChI is InChI=1S/C15H23FN2O2/c1-5-18(13-8-6-12(16)7-9-13)11-10-15(2,17-3)14(19)20-4/h6-9,17H,5,10-11H2,1-4H3. The molecule has 0 saturated carbocycles. The van der Waals surface area contributed by atoms with Gasteiger partial charge in [-0.15, -0.1) is 0 Å². The maximum Gasteiger partial charge on any atom is 0.325 e. The number of methoxy groups -OCH3 is 1. The molecule has 1 N–H and O–H groups in total. The van der Waals surface area contributed by atoms with Crippen molar-refractivity contribution in [1.82, 2.24) is 5.32 Å². The number of hydrogen-bond acceptors (Lipinski definition) is 4. The van der Waals surface area contributed by atoms with Gasteiger partial charge in [0.25, 0.3) is 0 Å². The third-order valence-electron chi connectivity index (χ3n) is 3.64. The highest BCUT2D eigenvalue weighted by atomic mass is 19.1. The van der Waals surface area contributed by atoms with E-state index in [-0.39, 0.29) is 11.8 Å². The van der Waals surface area contributed by atoms with E-state index in [4.69, 9.17) is 4.74 Å². The first-order chi connectivity index (χ1) is 9.46. The minimum Gasteiger partial charge on any atom is -0.468 e. The lowest BCUT2D eigenvalue weighted by molar-refractivity contribution is -0.147. The topological polar surface area (TPSA) is 41.6 Å². The number of carbonyl (C=O) groups excluding carboxylic acids is 1. The number of hydrogen-bond donors (Lipinski definition) is 1. The maximum atomic E-state index is 12.9. The maximum absolute atomic E-state index is 12.9. The number of benzene rings is 1. The van der Waals surface area contributed by atoms with Crippen LogP contribution in [-0.4, -0.2) is 38.8 Å². The van der Waals surface area contributed by atoms with Crippen molar-refractivity contribution in [2.24, 2.45) is 0 Å². The second-order valence-corrected chi connectivity index (χ2v) is 4.88. The number of halogens is 1. The largest absolute Gasteiger partial charge is 0.468 e. The summed E-state index contributed by atoms with van der Waals surface area (Å²) in [6.07, 6.45) is 0.599. The van der Waals surface area contributed by atoms with Crippen LogP contribution in [0.3, 0.4) is 0 Å². The van der Waals surface area contributed by atoms with Gasteiger partial charge in [0.05, 0.1) is 7.11 Å². The number of esters is 1. The molecule has 0 amide bonds. The summed E-state index contributed by atoms with van der Waals surface area (Å²) in [6, 6.07) is 6.37. The van der Waals surface area contributed by atoms with Gasteiger partial charge in [-0.1, -0.05) is 0 Å². The molecule has 0 aliphatic carbocycles. The molecule has 5 heteroatoms. The molecule has 0 aliphatic heterocycles. The molecule has 4 nitrogen and oxygen atoms in total. The summed E-state index contributed by atoms with van der Waals surface area (Å²) in [6.45, 7) is 5.30. The Balaban J connectivity index is 2.74. The van der Waals surface area contributed by atoms with E-state index in [0.29, 0.717) is 13.0 Å². The van der Waals surface area contributed by atoms with Crippen LogP contribution in [0, 0.1) is 5.82 Å². The highest BCUT2D eigenvalue weighted by Gasteiger charge is 2.32. The molecule has 0 fully saturated rings. The number of anilines is 1. The molecule has 0 saturated heterocycles. The molecule has 112 valence electrons. The number of rotatable bonds is 7. The number of nitrogens with zero attached hydrogens (tertiary/aromatic N) is 1. The fourth-order valence-corrected chi connectivity index (χ4v) is 2.03. The Kier molecular flexibility index (Phi) is 5.95. The lowest BCUT2D eigenvalue weighted by Crippen LogP contribution is -2.50. The summed E-state index contributed by atoms with van der Waals surface area (Å²) < 4.78 is 17.8. The highest BCUT2D eigenvalue weighted by molar-refractivity contribution is 5.80. The van der Waals surface area contributed by atoms with E-state index >= 15 is 0 Å². The zero-order valence-electron chi connectivity index (χ0n) is 12.6. The molecule has 0 aliphatic rings. The van der Waals surface area contributed by atoms with Crippen LogP contribution in [0.25, 0.3) is 0 Å². The van der Waals surface area contributed by atoms with Gasteiger partial charge in [-0.2, -0.15) is 0 Å². The van der Waals surface area contributed by atoms with Crippen molar-refractivity contribution in [2.45, 2.75) is 25.8 Å². The Morgan fingerprint density at radius 2 is 2.00 bits per heavy atom. The van der Waals surface area contributed by atoms with Crippen molar-refractivity contribution in [3.05, 3.63) is 30.1 Å². The number of likely N-dealkylation sites (N-methyl/N-ethyl adjacent to an activating group) is 1. The minimum atomic E-state index is -0.720. The average molecular weight is 282 g/mol. The Morgan fingerprint density at radius 1 is 1.40 bits per heavy atom. The van der Waals surface area contributed by atoms with Gasteiger partial charge in [0, 0.05) is 18.8 Å². The molecular weight excluding hydrogens is 259 g/mol. The van der Waals surface area contributed by atoms with Gasteiger partial charge < -0.3 is 15.0 Å². The van der Waals surface area contributed by atoms with Crippen LogP contribution in [0.15, 0.2) is 24.3 Å². The Bertz CT molecular complexity index is 436. The molecule has 1 aromatic rings. The van der Waals surface area contributed by atoms with E-state index in [9.17, 15) is 9.18 Å². The van der Waals surface area contributed by atoms with Gasteiger partial charge in [-0.25, -0.2) is 4.39 Å². The van der Waals surface area contributed by atoms with Gasteiger partial charge in [0.15, 0.2) is 0 Å². The predicted molar refractivity (Wildman–Crippen MR) is 78.4 cm³/mol. The Hall–Kier alpha value is -1.62. The molecule has 1 atom stereocenters. The van der Waals surface area contributed by atoms with Crippen molar-refractivity contribution < 1.29 is 13.9 Å². The van der Waals surface area contributed by atoms with Crippen molar-refractivity contribution in [3.63, 3.8) is 0 Å². The summed E-state index contributed by atoms with van der Waals surface area (Å²) in [7, 11) is 3.13. The molecule has 0 spiro atoms. The number of ether oxygens (including phenoxy) is 1. The second-order valence-electron chi connectivity index (χ2n) is 4.88. The third kappa shape index (κ3) is 3.93. The Labute approximate surface area is 119 Å². The SMILES string of the molecule is CCN(CCC(C)(NC)C(=O)OC)c1ccc(F)cc1. The normalized spacial score (nSPS) is 13.7. The molecule has 1 unspecified atom stereocenters. The predicted octanol–water partition coefficient (Wildman–Crippen LogP) is 2.19. The molecule has 0 aromatic heterocycles. The quantitative estimate of drug-likeness (QED) is 0.778. The van der Waals surface area contributed by atoms with Crippen molar-refractivity contribution in [2.75, 3.05) is 32.1 Å². The fraction of sp³-hybridized carbons (Fsp3) is 0.533. The molecular formula is C15H23FN2O2. The summed E-state index contributed by atoms with van der Waals surface area (Å²) in [5.41, 5.74) is 0.222. The van der Waals surface area contributed by atoms with E-state index in [1.165, 1.54) is 19.2 Å². The summed E-state index contributed by atoms with van der Waals surface area (Å²) >= 11 is 0. The van der Waals surface area contributed by atoms with Crippen LogP contribution in [0.4, 0.5) is 10.1 Å². The second kappa shape index (κ2) is 7.24. The van der Waals surface area contributed by atoms with Gasteiger partial charge in [-0.05, 0) is 51.6 Å².